The van der Waals surface area contributed by atoms with Crippen molar-refractivity contribution in [1.29, 1.82) is 0 Å². The summed E-state index contributed by atoms with van der Waals surface area (Å²) < 4.78 is 6.95. The molecule has 19 heavy (non-hydrogen) atoms. The Kier molecular flexibility index (Phi) is 7.22. The number of methoxy groups -OCH3 is 1. The molecule has 0 radical (unpaired) electrons. The molecule has 1 amide bonds. The summed E-state index contributed by atoms with van der Waals surface area (Å²) >= 11 is 0. The minimum atomic E-state index is 0.0590. The largest absolute Gasteiger partial charge is 0.383 e. The van der Waals surface area contributed by atoms with Gasteiger partial charge in [0.15, 0.2) is 0 Å². The highest BCUT2D eigenvalue weighted by atomic mass is 16.5. The van der Waals surface area contributed by atoms with Gasteiger partial charge in [0.25, 0.3) is 0 Å². The second-order valence-corrected chi connectivity index (χ2v) is 4.67. The van der Waals surface area contributed by atoms with E-state index in [9.17, 15) is 4.79 Å². The number of aromatic nitrogens is 1. The first-order valence-electron chi connectivity index (χ1n) is 6.80. The van der Waals surface area contributed by atoms with E-state index in [1.807, 2.05) is 29.8 Å². The van der Waals surface area contributed by atoms with Gasteiger partial charge in [-0.15, -0.1) is 0 Å². The van der Waals surface area contributed by atoms with E-state index >= 15 is 0 Å². The smallest absolute Gasteiger partial charge is 0.240 e. The number of carbonyl (C=O) groups excluding carboxylic acids is 1. The fourth-order valence-corrected chi connectivity index (χ4v) is 1.73. The number of amides is 1. The van der Waals surface area contributed by atoms with Crippen LogP contribution < -0.4 is 10.6 Å². The van der Waals surface area contributed by atoms with Crippen molar-refractivity contribution in [3.63, 3.8) is 0 Å². The summed E-state index contributed by atoms with van der Waals surface area (Å²) in [5.74, 6) is 0.0590. The third kappa shape index (κ3) is 5.89. The highest BCUT2D eigenvalue weighted by molar-refractivity contribution is 5.76. The van der Waals surface area contributed by atoms with Crippen LogP contribution in [0.15, 0.2) is 18.3 Å². The maximum Gasteiger partial charge on any atom is 0.240 e. The molecule has 1 aromatic heterocycles. The van der Waals surface area contributed by atoms with Crippen molar-refractivity contribution < 1.29 is 9.53 Å². The minimum absolute atomic E-state index is 0.0590. The van der Waals surface area contributed by atoms with Crippen LogP contribution in [0.1, 0.15) is 26.0 Å². The van der Waals surface area contributed by atoms with Gasteiger partial charge in [0.1, 0.15) is 6.54 Å². The van der Waals surface area contributed by atoms with Crippen molar-refractivity contribution >= 4 is 5.91 Å². The Morgan fingerprint density at radius 2 is 2.32 bits per heavy atom. The summed E-state index contributed by atoms with van der Waals surface area (Å²) in [7, 11) is 1.68. The fourth-order valence-electron chi connectivity index (χ4n) is 1.73. The van der Waals surface area contributed by atoms with Crippen LogP contribution in [-0.2, 0) is 22.6 Å². The van der Waals surface area contributed by atoms with Crippen LogP contribution in [0.25, 0.3) is 0 Å². The van der Waals surface area contributed by atoms with Gasteiger partial charge in [-0.05, 0) is 25.5 Å². The minimum Gasteiger partial charge on any atom is -0.383 e. The lowest BCUT2D eigenvalue weighted by Crippen LogP contribution is -2.35. The summed E-state index contributed by atoms with van der Waals surface area (Å²) in [5.41, 5.74) is 1.11. The second kappa shape index (κ2) is 8.72. The van der Waals surface area contributed by atoms with Gasteiger partial charge >= 0.3 is 0 Å². The van der Waals surface area contributed by atoms with Crippen molar-refractivity contribution in [3.05, 3.63) is 24.0 Å². The summed E-state index contributed by atoms with van der Waals surface area (Å²) in [6.45, 7) is 6.69. The Labute approximate surface area is 115 Å². The molecule has 5 nitrogen and oxygen atoms in total. The van der Waals surface area contributed by atoms with Crippen molar-refractivity contribution in [2.75, 3.05) is 20.3 Å². The van der Waals surface area contributed by atoms with Crippen molar-refractivity contribution in [1.82, 2.24) is 15.2 Å². The van der Waals surface area contributed by atoms with E-state index < -0.39 is 0 Å². The number of carbonyl (C=O) groups is 1. The zero-order chi connectivity index (χ0) is 14.1. The molecule has 0 saturated heterocycles. The van der Waals surface area contributed by atoms with E-state index in [1.165, 1.54) is 0 Å². The molecule has 1 atom stereocenters. The van der Waals surface area contributed by atoms with Gasteiger partial charge in [-0.2, -0.15) is 0 Å². The van der Waals surface area contributed by atoms with Gasteiger partial charge in [0.05, 0.1) is 6.61 Å². The Balaban J connectivity index is 2.41. The van der Waals surface area contributed by atoms with E-state index in [-0.39, 0.29) is 11.9 Å². The molecule has 1 rings (SSSR count). The Bertz CT molecular complexity index is 377. The van der Waals surface area contributed by atoms with Gasteiger partial charge in [-0.25, -0.2) is 0 Å². The van der Waals surface area contributed by atoms with E-state index in [4.69, 9.17) is 4.74 Å². The van der Waals surface area contributed by atoms with E-state index in [1.54, 1.807) is 7.11 Å². The summed E-state index contributed by atoms with van der Waals surface area (Å²) in [5, 5.41) is 6.25. The lowest BCUT2D eigenvalue weighted by Gasteiger charge is -2.14. The molecule has 1 unspecified atom stereocenters. The maximum absolute atomic E-state index is 11.8. The highest BCUT2D eigenvalue weighted by Crippen LogP contribution is 2.02. The number of nitrogens with one attached hydrogen (secondary N) is 2. The summed E-state index contributed by atoms with van der Waals surface area (Å²) in [4.78, 5) is 11.8. The molecule has 0 aliphatic carbocycles. The van der Waals surface area contributed by atoms with Crippen LogP contribution in [-0.4, -0.2) is 36.8 Å². The third-order valence-corrected chi connectivity index (χ3v) is 3.05. The van der Waals surface area contributed by atoms with E-state index in [0.29, 0.717) is 13.2 Å². The topological polar surface area (TPSA) is 55.3 Å². The fraction of sp³-hybridized carbons (Fsp3) is 0.643. The van der Waals surface area contributed by atoms with Gasteiger partial charge in [0.2, 0.25) is 5.91 Å². The zero-order valence-electron chi connectivity index (χ0n) is 12.1. The molecule has 1 heterocycles. The molecule has 0 saturated carbocycles. The van der Waals surface area contributed by atoms with Gasteiger partial charge in [-0.1, -0.05) is 6.92 Å². The molecule has 0 fully saturated rings. The Morgan fingerprint density at radius 1 is 1.53 bits per heavy atom. The molecule has 0 aliphatic heterocycles. The van der Waals surface area contributed by atoms with Crippen molar-refractivity contribution in [3.8, 4) is 0 Å². The molecule has 1 aromatic rings. The van der Waals surface area contributed by atoms with Crippen LogP contribution in [0.5, 0.6) is 0 Å². The maximum atomic E-state index is 11.8. The molecule has 0 aromatic carbocycles. The quantitative estimate of drug-likeness (QED) is 0.660. The summed E-state index contributed by atoms with van der Waals surface area (Å²) in [6, 6.07) is 4.21. The average molecular weight is 267 g/mol. The van der Waals surface area contributed by atoms with Gasteiger partial charge in [-0.3, -0.25) is 4.79 Å². The molecule has 2 N–H and O–H groups in total. The third-order valence-electron chi connectivity index (χ3n) is 3.05. The van der Waals surface area contributed by atoms with Crippen molar-refractivity contribution in [2.45, 2.75) is 39.4 Å². The summed E-state index contributed by atoms with van der Waals surface area (Å²) in [6.07, 6.45) is 2.88. The number of hydrogen-bond donors (Lipinski definition) is 2. The predicted molar refractivity (Wildman–Crippen MR) is 75.9 cm³/mol. The van der Waals surface area contributed by atoms with Crippen LogP contribution in [0, 0.1) is 0 Å². The van der Waals surface area contributed by atoms with Gasteiger partial charge < -0.3 is 19.9 Å². The molecular weight excluding hydrogens is 242 g/mol. The average Bonchev–Trinajstić information content (AvgIpc) is 2.81. The molecule has 0 aliphatic rings. The molecular formula is C14H25N3O2. The zero-order valence-corrected chi connectivity index (χ0v) is 12.1. The lowest BCUT2D eigenvalue weighted by atomic mass is 10.2. The van der Waals surface area contributed by atoms with Crippen LogP contribution in [0.4, 0.5) is 0 Å². The lowest BCUT2D eigenvalue weighted by molar-refractivity contribution is -0.122. The van der Waals surface area contributed by atoms with E-state index in [0.717, 1.165) is 25.2 Å². The first-order valence-corrected chi connectivity index (χ1v) is 6.80. The van der Waals surface area contributed by atoms with E-state index in [2.05, 4.69) is 17.6 Å². The van der Waals surface area contributed by atoms with Gasteiger partial charge in [0, 0.05) is 38.1 Å². The molecule has 108 valence electrons. The number of rotatable bonds is 9. The number of hydrogen-bond acceptors (Lipinski definition) is 3. The van der Waals surface area contributed by atoms with Crippen LogP contribution >= 0.6 is 0 Å². The first-order chi connectivity index (χ1) is 9.17. The van der Waals surface area contributed by atoms with Crippen molar-refractivity contribution in [2.24, 2.45) is 0 Å². The molecule has 0 spiro atoms. The first kappa shape index (κ1) is 15.7. The number of nitrogens with zero attached hydrogens (tertiary/aromatic N) is 1. The molecule has 5 heteroatoms. The standard InChI is InChI=1S/C14H25N3O2/c1-4-12(2)16-14(18)11-17-8-5-6-13(17)10-15-7-9-19-3/h5-6,8,12,15H,4,7,9-11H2,1-3H3,(H,16,18). The monoisotopic (exact) mass is 267 g/mol. The highest BCUT2D eigenvalue weighted by Gasteiger charge is 2.08. The number of ether oxygens (including phenoxy) is 1. The molecule has 0 bridgehead atoms. The SMILES string of the molecule is CCC(C)NC(=O)Cn1cccc1CNCCOC. The predicted octanol–water partition coefficient (Wildman–Crippen LogP) is 1.14. The Morgan fingerprint density at radius 3 is 3.00 bits per heavy atom. The normalized spacial score (nSPS) is 12.4. The van der Waals surface area contributed by atoms with Crippen LogP contribution in [0.3, 0.4) is 0 Å². The second-order valence-electron chi connectivity index (χ2n) is 4.67. The Hall–Kier alpha value is -1.33. The van der Waals surface area contributed by atoms with Crippen LogP contribution in [0.2, 0.25) is 0 Å².